The lowest BCUT2D eigenvalue weighted by atomic mass is 9.79. The summed E-state index contributed by atoms with van der Waals surface area (Å²) < 4.78 is 41.0. The van der Waals surface area contributed by atoms with Crippen LogP contribution < -0.4 is 10.2 Å². The summed E-state index contributed by atoms with van der Waals surface area (Å²) in [7, 11) is -0.435. The number of hydrogen-bond acceptors (Lipinski definition) is 7. The summed E-state index contributed by atoms with van der Waals surface area (Å²) in [5, 5.41) is 1.86. The van der Waals surface area contributed by atoms with Crippen molar-refractivity contribution in [3.8, 4) is 5.75 Å². The van der Waals surface area contributed by atoms with Crippen molar-refractivity contribution in [2.24, 2.45) is 11.3 Å². The number of pyridine rings is 1. The Labute approximate surface area is 362 Å². The van der Waals surface area contributed by atoms with Crippen LogP contribution >= 0.6 is 11.8 Å². The van der Waals surface area contributed by atoms with Crippen LogP contribution in [0.25, 0.3) is 21.8 Å². The molecule has 0 spiro atoms. The van der Waals surface area contributed by atoms with Crippen molar-refractivity contribution in [3.63, 3.8) is 0 Å². The number of carbonyl (C=O) groups is 1. The molecule has 0 unspecified atom stereocenters. The molecule has 1 saturated heterocycles. The standard InChI is InChI=1S/C50H66BFN2O5S/c1-10-13-16-35(17-14-11-2)18-15-29-60-46-42-31-41(57-34-40-25-21-37-30-39(52)24-27-43(37)53-40)26-28-44(42)54(45(46)32-48(4,5)47(55)56-12-3)33-36-19-22-38(23-20-36)51-58-49(6,7)50(8,9)59-51/h19-28,30-31,35H,10-18,29,32-34H2,1-9H3. The number of unbranched alkanes of at least 4 members (excludes halogenated alkanes) is 2. The van der Waals surface area contributed by atoms with Gasteiger partial charge in [-0.25, -0.2) is 9.37 Å². The summed E-state index contributed by atoms with van der Waals surface area (Å²) >= 11 is 1.90. The zero-order valence-corrected chi connectivity index (χ0v) is 38.3. The number of halogens is 1. The van der Waals surface area contributed by atoms with Crippen molar-refractivity contribution in [3.05, 3.63) is 95.6 Å². The Morgan fingerprint density at radius 3 is 2.23 bits per heavy atom. The van der Waals surface area contributed by atoms with Crippen molar-refractivity contribution in [2.45, 2.75) is 149 Å². The van der Waals surface area contributed by atoms with E-state index < -0.39 is 23.7 Å². The molecule has 0 atom stereocenters. The molecule has 0 aliphatic carbocycles. The van der Waals surface area contributed by atoms with Crippen LogP contribution in [0.5, 0.6) is 5.75 Å². The van der Waals surface area contributed by atoms with Crippen LogP contribution in [0.2, 0.25) is 0 Å². The second kappa shape index (κ2) is 19.9. The van der Waals surface area contributed by atoms with Gasteiger partial charge in [0.2, 0.25) is 0 Å². The average molecular weight is 837 g/mol. The predicted molar refractivity (Wildman–Crippen MR) is 246 cm³/mol. The Bertz CT molecular complexity index is 2190. The fourth-order valence-corrected chi connectivity index (χ4v) is 9.25. The first-order valence-electron chi connectivity index (χ1n) is 22.2. The molecular weight excluding hydrogens is 770 g/mol. The third kappa shape index (κ3) is 11.0. The van der Waals surface area contributed by atoms with Crippen molar-refractivity contribution in [1.82, 2.24) is 9.55 Å². The van der Waals surface area contributed by atoms with Crippen molar-refractivity contribution in [2.75, 3.05) is 12.4 Å². The lowest BCUT2D eigenvalue weighted by molar-refractivity contribution is -0.153. The number of benzene rings is 3. The molecule has 0 bridgehead atoms. The second-order valence-corrected chi connectivity index (χ2v) is 19.3. The van der Waals surface area contributed by atoms with Gasteiger partial charge in [0.05, 0.1) is 34.4 Å². The van der Waals surface area contributed by atoms with E-state index in [1.54, 1.807) is 6.07 Å². The van der Waals surface area contributed by atoms with Crippen LogP contribution in [0.1, 0.15) is 131 Å². The maximum Gasteiger partial charge on any atom is 0.494 e. The largest absolute Gasteiger partial charge is 0.494 e. The highest BCUT2D eigenvalue weighted by Crippen LogP contribution is 2.41. The molecule has 3 heterocycles. The van der Waals surface area contributed by atoms with E-state index in [0.29, 0.717) is 19.6 Å². The molecule has 1 fully saturated rings. The van der Waals surface area contributed by atoms with Crippen LogP contribution in [0.3, 0.4) is 0 Å². The molecule has 10 heteroatoms. The summed E-state index contributed by atoms with van der Waals surface area (Å²) in [6.45, 7) is 19.9. The predicted octanol–water partition coefficient (Wildman–Crippen LogP) is 12.3. The summed E-state index contributed by atoms with van der Waals surface area (Å²) in [5.74, 6) is 2.00. The molecule has 3 aromatic carbocycles. The quantitative estimate of drug-likeness (QED) is 0.0315. The Balaban J connectivity index is 1.35. The fourth-order valence-electron chi connectivity index (χ4n) is 8.06. The topological polar surface area (TPSA) is 71.8 Å². The molecule has 322 valence electrons. The van der Waals surface area contributed by atoms with Gasteiger partial charge >= 0.3 is 13.1 Å². The van der Waals surface area contributed by atoms with Crippen molar-refractivity contribution >= 4 is 52.1 Å². The number of rotatable bonds is 21. The maximum absolute atomic E-state index is 13.8. The second-order valence-electron chi connectivity index (χ2n) is 18.2. The van der Waals surface area contributed by atoms with Gasteiger partial charge in [-0.2, -0.15) is 0 Å². The van der Waals surface area contributed by atoms with E-state index in [0.717, 1.165) is 68.1 Å². The van der Waals surface area contributed by atoms with Crippen LogP contribution in [-0.4, -0.2) is 46.2 Å². The third-order valence-electron chi connectivity index (χ3n) is 12.4. The number of fused-ring (bicyclic) bond motifs is 2. The summed E-state index contributed by atoms with van der Waals surface area (Å²) in [5.41, 5.74) is 4.23. The SMILES string of the molecule is CCCCC(CCCC)CCCSc1c(CC(C)(C)C(=O)OCC)n(Cc2ccc(B3OC(C)(C)C(C)(C)O3)cc2)c2ccc(OCc3ccc4cc(F)ccc4n3)cc12. The minimum Gasteiger partial charge on any atom is -0.487 e. The molecule has 0 saturated carbocycles. The minimum absolute atomic E-state index is 0.200. The number of ether oxygens (including phenoxy) is 2. The zero-order chi connectivity index (χ0) is 43.1. The molecule has 7 nitrogen and oxygen atoms in total. The highest BCUT2D eigenvalue weighted by atomic mass is 32.2. The van der Waals surface area contributed by atoms with Crippen LogP contribution in [0.4, 0.5) is 4.39 Å². The molecule has 1 aliphatic heterocycles. The highest BCUT2D eigenvalue weighted by molar-refractivity contribution is 7.99. The molecule has 2 aromatic heterocycles. The number of carbonyl (C=O) groups excluding carboxylic acids is 1. The first-order chi connectivity index (χ1) is 28.6. The molecule has 6 rings (SSSR count). The van der Waals surface area contributed by atoms with Gasteiger partial charge < -0.3 is 23.3 Å². The van der Waals surface area contributed by atoms with Crippen LogP contribution in [-0.2, 0) is 38.4 Å². The number of aromatic nitrogens is 2. The Kier molecular flexibility index (Phi) is 15.1. The highest BCUT2D eigenvalue weighted by Gasteiger charge is 2.51. The van der Waals surface area contributed by atoms with Gasteiger partial charge in [-0.15, -0.1) is 11.8 Å². The van der Waals surface area contributed by atoms with E-state index in [1.807, 2.05) is 50.7 Å². The minimum atomic E-state index is -0.756. The van der Waals surface area contributed by atoms with Gasteiger partial charge in [-0.05, 0) is 126 Å². The molecule has 60 heavy (non-hydrogen) atoms. The third-order valence-corrected chi connectivity index (χ3v) is 13.6. The van der Waals surface area contributed by atoms with Crippen molar-refractivity contribution in [1.29, 1.82) is 0 Å². The van der Waals surface area contributed by atoms with E-state index in [2.05, 4.69) is 82.5 Å². The molecule has 0 N–H and O–H groups in total. The van der Waals surface area contributed by atoms with Gasteiger partial charge in [0, 0.05) is 39.8 Å². The van der Waals surface area contributed by atoms with E-state index in [4.69, 9.17) is 23.8 Å². The van der Waals surface area contributed by atoms with E-state index >= 15 is 0 Å². The summed E-state index contributed by atoms with van der Waals surface area (Å²) in [6.07, 6.45) is 10.5. The Morgan fingerprint density at radius 1 is 0.883 bits per heavy atom. The Morgan fingerprint density at radius 2 is 1.57 bits per heavy atom. The number of hydrogen-bond donors (Lipinski definition) is 0. The lowest BCUT2D eigenvalue weighted by Crippen LogP contribution is -2.41. The van der Waals surface area contributed by atoms with E-state index in [1.165, 1.54) is 62.0 Å². The van der Waals surface area contributed by atoms with Gasteiger partial charge in [0.1, 0.15) is 18.2 Å². The summed E-state index contributed by atoms with van der Waals surface area (Å²) in [4.78, 5) is 19.4. The number of thioether (sulfide) groups is 1. The molecule has 0 radical (unpaired) electrons. The molecule has 0 amide bonds. The monoisotopic (exact) mass is 836 g/mol. The van der Waals surface area contributed by atoms with E-state index in [9.17, 15) is 9.18 Å². The van der Waals surface area contributed by atoms with E-state index in [-0.39, 0.29) is 18.4 Å². The van der Waals surface area contributed by atoms with Gasteiger partial charge in [-0.1, -0.05) is 82.7 Å². The zero-order valence-electron chi connectivity index (χ0n) is 37.5. The summed E-state index contributed by atoms with van der Waals surface area (Å²) in [6, 6.07) is 23.3. The van der Waals surface area contributed by atoms with Crippen LogP contribution in [0, 0.1) is 17.2 Å². The number of esters is 1. The Hall–Kier alpha value is -3.86. The molecular formula is C50H66BFN2O5S. The fraction of sp³-hybridized carbons (Fsp3) is 0.520. The number of nitrogens with zero attached hydrogens (tertiary/aromatic N) is 2. The van der Waals surface area contributed by atoms with Gasteiger partial charge in [-0.3, -0.25) is 4.79 Å². The van der Waals surface area contributed by atoms with Crippen LogP contribution in [0.15, 0.2) is 77.7 Å². The smallest absolute Gasteiger partial charge is 0.487 e. The lowest BCUT2D eigenvalue weighted by Gasteiger charge is -2.32. The first-order valence-corrected chi connectivity index (χ1v) is 23.2. The van der Waals surface area contributed by atoms with Gasteiger partial charge in [0.15, 0.2) is 0 Å². The average Bonchev–Trinajstić information content (AvgIpc) is 3.61. The molecule has 5 aromatic rings. The molecule has 1 aliphatic rings. The first kappa shape index (κ1) is 45.7. The van der Waals surface area contributed by atoms with Gasteiger partial charge in [0.25, 0.3) is 0 Å². The normalized spacial score (nSPS) is 15.1. The van der Waals surface area contributed by atoms with Crippen molar-refractivity contribution < 1.29 is 28.0 Å². The maximum atomic E-state index is 13.8.